The Kier molecular flexibility index (Phi) is 6.25. The highest BCUT2D eigenvalue weighted by molar-refractivity contribution is 5.84. The number of carbonyl (C=O) groups is 1. The number of aromatic nitrogens is 1. The largest absolute Gasteiger partial charge is 0.488 e. The highest BCUT2D eigenvalue weighted by Crippen LogP contribution is 2.34. The van der Waals surface area contributed by atoms with Crippen molar-refractivity contribution in [3.8, 4) is 5.75 Å². The van der Waals surface area contributed by atoms with E-state index in [1.165, 1.54) is 0 Å². The van der Waals surface area contributed by atoms with Crippen LogP contribution in [0.4, 0.5) is 0 Å². The lowest BCUT2D eigenvalue weighted by atomic mass is 9.81. The molecular weight excluding hydrogens is 380 g/mol. The van der Waals surface area contributed by atoms with Crippen LogP contribution in [0, 0.1) is 5.92 Å². The Balaban J connectivity index is 1.19. The van der Waals surface area contributed by atoms with Gasteiger partial charge in [-0.1, -0.05) is 18.2 Å². The molecule has 1 aromatic carbocycles. The molecular formula is C24H32N2O4. The molecule has 2 fully saturated rings. The van der Waals surface area contributed by atoms with Gasteiger partial charge in [0.25, 0.3) is 0 Å². The number of ether oxygens (including phenoxy) is 2. The minimum absolute atomic E-state index is 0.0297. The van der Waals surface area contributed by atoms with Crippen molar-refractivity contribution >= 4 is 16.8 Å². The fourth-order valence-corrected chi connectivity index (χ4v) is 4.24. The first-order chi connectivity index (χ1) is 14.4. The lowest BCUT2D eigenvalue weighted by molar-refractivity contribution is -0.132. The summed E-state index contributed by atoms with van der Waals surface area (Å²) >= 11 is 0. The number of nitrogens with zero attached hydrogens (tertiary/aromatic N) is 1. The van der Waals surface area contributed by atoms with Crippen LogP contribution in [0.2, 0.25) is 0 Å². The van der Waals surface area contributed by atoms with E-state index in [1.807, 2.05) is 30.3 Å². The fourth-order valence-electron chi connectivity index (χ4n) is 4.24. The molecule has 0 aliphatic heterocycles. The van der Waals surface area contributed by atoms with E-state index < -0.39 is 5.60 Å². The Morgan fingerprint density at radius 2 is 1.87 bits per heavy atom. The minimum Gasteiger partial charge on any atom is -0.488 e. The second-order valence-corrected chi connectivity index (χ2v) is 9.35. The first kappa shape index (κ1) is 21.1. The highest BCUT2D eigenvalue weighted by Gasteiger charge is 2.37. The first-order valence-corrected chi connectivity index (χ1v) is 11.0. The van der Waals surface area contributed by atoms with Crippen LogP contribution in [-0.2, 0) is 9.53 Å². The van der Waals surface area contributed by atoms with Gasteiger partial charge < -0.3 is 19.9 Å². The minimum atomic E-state index is -0.796. The summed E-state index contributed by atoms with van der Waals surface area (Å²) < 4.78 is 11.9. The molecule has 0 saturated heterocycles. The maximum atomic E-state index is 12.6. The average Bonchev–Trinajstić information content (AvgIpc) is 2.69. The molecule has 30 heavy (non-hydrogen) atoms. The smallest absolute Gasteiger partial charge is 0.223 e. The van der Waals surface area contributed by atoms with E-state index in [-0.39, 0.29) is 30.1 Å². The number of hydrogen-bond donors (Lipinski definition) is 2. The summed E-state index contributed by atoms with van der Waals surface area (Å²) in [6.07, 6.45) is 7.22. The van der Waals surface area contributed by atoms with Crippen LogP contribution in [0.5, 0.6) is 5.75 Å². The number of nitrogens with one attached hydrogen (secondary N) is 1. The van der Waals surface area contributed by atoms with Crippen LogP contribution in [0.1, 0.15) is 52.4 Å². The van der Waals surface area contributed by atoms with Gasteiger partial charge in [-0.05, 0) is 64.5 Å². The molecule has 1 aromatic heterocycles. The van der Waals surface area contributed by atoms with E-state index in [9.17, 15) is 9.90 Å². The number of amides is 1. The summed E-state index contributed by atoms with van der Waals surface area (Å²) in [5.74, 6) is 0.968. The number of rotatable bonds is 7. The molecule has 0 unspecified atom stereocenters. The highest BCUT2D eigenvalue weighted by atomic mass is 16.5. The molecule has 4 rings (SSSR count). The summed E-state index contributed by atoms with van der Waals surface area (Å²) in [7, 11) is 0. The summed E-state index contributed by atoms with van der Waals surface area (Å²) in [6, 6.07) is 10.1. The number of pyridine rings is 1. The van der Waals surface area contributed by atoms with Gasteiger partial charge in [0.15, 0.2) is 0 Å². The quantitative estimate of drug-likeness (QED) is 0.726. The Morgan fingerprint density at radius 1 is 1.13 bits per heavy atom. The van der Waals surface area contributed by atoms with Crippen molar-refractivity contribution in [1.82, 2.24) is 10.3 Å². The van der Waals surface area contributed by atoms with E-state index in [1.54, 1.807) is 20.0 Å². The van der Waals surface area contributed by atoms with Crippen molar-refractivity contribution in [2.45, 2.75) is 76.2 Å². The second-order valence-electron chi connectivity index (χ2n) is 9.35. The van der Waals surface area contributed by atoms with Gasteiger partial charge in [0.2, 0.25) is 5.91 Å². The molecule has 2 aromatic rings. The fraction of sp³-hybridized carbons (Fsp3) is 0.583. The SMILES string of the molecule is CC(C)(O)COC1CCC(NC(=O)C2CC(Oc3cccc4cccnc34)C2)CC1. The molecule has 162 valence electrons. The van der Waals surface area contributed by atoms with Crippen LogP contribution in [0.25, 0.3) is 10.9 Å². The lowest BCUT2D eigenvalue weighted by Crippen LogP contribution is -2.48. The summed E-state index contributed by atoms with van der Waals surface area (Å²) in [6.45, 7) is 3.86. The topological polar surface area (TPSA) is 80.7 Å². The third-order valence-corrected chi connectivity index (χ3v) is 6.05. The third-order valence-electron chi connectivity index (χ3n) is 6.05. The molecule has 2 aliphatic rings. The van der Waals surface area contributed by atoms with Crippen molar-refractivity contribution in [2.24, 2.45) is 5.92 Å². The number of carbonyl (C=O) groups excluding carboxylic acids is 1. The van der Waals surface area contributed by atoms with Gasteiger partial charge in [0.05, 0.1) is 18.3 Å². The van der Waals surface area contributed by atoms with E-state index in [0.717, 1.165) is 55.2 Å². The molecule has 1 amide bonds. The zero-order valence-corrected chi connectivity index (χ0v) is 17.8. The van der Waals surface area contributed by atoms with Gasteiger partial charge in [-0.25, -0.2) is 0 Å². The van der Waals surface area contributed by atoms with Gasteiger partial charge in [-0.15, -0.1) is 0 Å². The van der Waals surface area contributed by atoms with Crippen LogP contribution >= 0.6 is 0 Å². The Bertz CT molecular complexity index is 860. The van der Waals surface area contributed by atoms with Crippen LogP contribution in [0.3, 0.4) is 0 Å². The van der Waals surface area contributed by atoms with Crippen LogP contribution in [0.15, 0.2) is 36.5 Å². The van der Waals surface area contributed by atoms with Crippen molar-refractivity contribution in [3.05, 3.63) is 36.5 Å². The number of para-hydroxylation sites is 1. The zero-order valence-electron chi connectivity index (χ0n) is 17.8. The molecule has 0 spiro atoms. The summed E-state index contributed by atoms with van der Waals surface area (Å²) in [5, 5.41) is 14.1. The number of aliphatic hydroxyl groups is 1. The number of fused-ring (bicyclic) bond motifs is 1. The van der Waals surface area contributed by atoms with E-state index in [2.05, 4.69) is 10.3 Å². The van der Waals surface area contributed by atoms with Gasteiger partial charge in [-0.2, -0.15) is 0 Å². The molecule has 2 saturated carbocycles. The Labute approximate surface area is 178 Å². The second kappa shape index (κ2) is 8.90. The Morgan fingerprint density at radius 3 is 2.60 bits per heavy atom. The molecule has 6 heteroatoms. The van der Waals surface area contributed by atoms with Crippen molar-refractivity contribution in [3.63, 3.8) is 0 Å². The van der Waals surface area contributed by atoms with Crippen molar-refractivity contribution in [1.29, 1.82) is 0 Å². The predicted molar refractivity (Wildman–Crippen MR) is 115 cm³/mol. The number of benzene rings is 1. The van der Waals surface area contributed by atoms with Gasteiger partial charge in [0, 0.05) is 23.5 Å². The zero-order chi connectivity index (χ0) is 21.1. The van der Waals surface area contributed by atoms with E-state index >= 15 is 0 Å². The molecule has 6 nitrogen and oxygen atoms in total. The van der Waals surface area contributed by atoms with Gasteiger partial charge in [-0.3, -0.25) is 9.78 Å². The van der Waals surface area contributed by atoms with Crippen LogP contribution in [-0.4, -0.2) is 46.5 Å². The molecule has 0 bridgehead atoms. The van der Waals surface area contributed by atoms with E-state index in [4.69, 9.17) is 9.47 Å². The van der Waals surface area contributed by atoms with Crippen molar-refractivity contribution < 1.29 is 19.4 Å². The summed E-state index contributed by atoms with van der Waals surface area (Å²) in [4.78, 5) is 17.0. The molecule has 0 radical (unpaired) electrons. The lowest BCUT2D eigenvalue weighted by Gasteiger charge is -2.36. The van der Waals surface area contributed by atoms with Crippen LogP contribution < -0.4 is 10.1 Å². The molecule has 0 atom stereocenters. The van der Waals surface area contributed by atoms with Gasteiger partial charge >= 0.3 is 0 Å². The average molecular weight is 413 g/mol. The Hall–Kier alpha value is -2.18. The van der Waals surface area contributed by atoms with E-state index in [0.29, 0.717) is 6.61 Å². The number of hydrogen-bond acceptors (Lipinski definition) is 5. The third kappa shape index (κ3) is 5.29. The van der Waals surface area contributed by atoms with Gasteiger partial charge in [0.1, 0.15) is 17.4 Å². The maximum absolute atomic E-state index is 12.6. The monoisotopic (exact) mass is 412 g/mol. The summed E-state index contributed by atoms with van der Waals surface area (Å²) in [5.41, 5.74) is 0.0761. The molecule has 1 heterocycles. The normalized spacial score (nSPS) is 26.8. The predicted octanol–water partition coefficient (Wildman–Crippen LogP) is 3.61. The maximum Gasteiger partial charge on any atom is 0.223 e. The molecule has 2 N–H and O–H groups in total. The standard InChI is InChI=1S/C24H32N2O4/c1-24(2,28)15-29-19-10-8-18(9-11-19)26-23(27)17-13-20(14-17)30-21-7-3-5-16-6-4-12-25-22(16)21/h3-7,12,17-20,28H,8-11,13-15H2,1-2H3,(H,26,27). The van der Waals surface area contributed by atoms with Crippen molar-refractivity contribution in [2.75, 3.05) is 6.61 Å². The molecule has 2 aliphatic carbocycles. The first-order valence-electron chi connectivity index (χ1n) is 11.0.